The second kappa shape index (κ2) is 5.47. The van der Waals surface area contributed by atoms with E-state index in [1.54, 1.807) is 12.1 Å². The first-order valence-electron chi connectivity index (χ1n) is 5.21. The van der Waals surface area contributed by atoms with E-state index in [4.69, 9.17) is 4.74 Å². The van der Waals surface area contributed by atoms with Gasteiger partial charge < -0.3 is 4.74 Å². The predicted octanol–water partition coefficient (Wildman–Crippen LogP) is 4.14. The van der Waals surface area contributed by atoms with E-state index in [2.05, 4.69) is 15.9 Å². The van der Waals surface area contributed by atoms with E-state index in [0.717, 1.165) is 10.2 Å². The van der Waals surface area contributed by atoms with E-state index >= 15 is 0 Å². The Morgan fingerprint density at radius 1 is 1.29 bits per heavy atom. The lowest BCUT2D eigenvalue weighted by Crippen LogP contribution is -2.00. The van der Waals surface area contributed by atoms with Crippen LogP contribution in [0.5, 0.6) is 5.75 Å². The number of ether oxygens (including phenoxy) is 1. The van der Waals surface area contributed by atoms with Crippen LogP contribution in [0, 0.1) is 0 Å². The zero-order valence-electron chi connectivity index (χ0n) is 9.27. The summed E-state index contributed by atoms with van der Waals surface area (Å²) in [4.78, 5) is 12.1. The first-order valence-corrected chi connectivity index (χ1v) is 6.95. The third kappa shape index (κ3) is 2.76. The average molecular weight is 311 g/mol. The van der Waals surface area contributed by atoms with Crippen LogP contribution < -0.4 is 4.74 Å². The monoisotopic (exact) mass is 310 g/mol. The van der Waals surface area contributed by atoms with Gasteiger partial charge in [0.15, 0.2) is 5.78 Å². The van der Waals surface area contributed by atoms with Gasteiger partial charge in [-0.15, -0.1) is 0 Å². The van der Waals surface area contributed by atoms with E-state index in [1.165, 1.54) is 11.3 Å². The molecule has 1 aromatic carbocycles. The van der Waals surface area contributed by atoms with Gasteiger partial charge in [0.2, 0.25) is 0 Å². The molecule has 88 valence electrons. The van der Waals surface area contributed by atoms with Gasteiger partial charge >= 0.3 is 0 Å². The molecule has 2 aromatic rings. The molecule has 0 N–H and O–H groups in total. The molecule has 1 heterocycles. The van der Waals surface area contributed by atoms with Crippen LogP contribution in [0.3, 0.4) is 0 Å². The molecule has 0 saturated carbocycles. The van der Waals surface area contributed by atoms with Gasteiger partial charge in [0.1, 0.15) is 5.75 Å². The highest BCUT2D eigenvalue weighted by molar-refractivity contribution is 9.10. The minimum atomic E-state index is 0.0289. The van der Waals surface area contributed by atoms with Gasteiger partial charge in [0.25, 0.3) is 0 Å². The Morgan fingerprint density at radius 3 is 2.53 bits per heavy atom. The van der Waals surface area contributed by atoms with Crippen molar-refractivity contribution in [3.8, 4) is 5.75 Å². The summed E-state index contributed by atoms with van der Waals surface area (Å²) >= 11 is 4.88. The number of carbonyl (C=O) groups excluding carboxylic acids is 1. The van der Waals surface area contributed by atoms with E-state index in [0.29, 0.717) is 17.7 Å². The fourth-order valence-corrected chi connectivity index (χ4v) is 2.92. The highest BCUT2D eigenvalue weighted by Gasteiger charge is 2.13. The van der Waals surface area contributed by atoms with E-state index in [9.17, 15) is 4.79 Å². The number of ketones is 1. The van der Waals surface area contributed by atoms with Crippen molar-refractivity contribution in [1.82, 2.24) is 0 Å². The SMILES string of the molecule is CCOc1ccc(C(=O)c2cscc2Br)cc1. The molecule has 0 fully saturated rings. The van der Waals surface area contributed by atoms with E-state index in [1.807, 2.05) is 29.8 Å². The molecule has 0 aliphatic rings. The molecule has 0 unspecified atom stereocenters. The molecule has 2 nitrogen and oxygen atoms in total. The molecule has 0 amide bonds. The van der Waals surface area contributed by atoms with Crippen molar-refractivity contribution in [2.24, 2.45) is 0 Å². The van der Waals surface area contributed by atoms with Gasteiger partial charge in [-0.2, -0.15) is 11.3 Å². The van der Waals surface area contributed by atoms with Crippen molar-refractivity contribution in [2.75, 3.05) is 6.61 Å². The van der Waals surface area contributed by atoms with Gasteiger partial charge in [0.05, 0.1) is 6.61 Å². The summed E-state index contributed by atoms with van der Waals surface area (Å²) in [7, 11) is 0. The Labute approximate surface area is 112 Å². The van der Waals surface area contributed by atoms with Crippen LogP contribution in [-0.2, 0) is 0 Å². The van der Waals surface area contributed by atoms with Crippen LogP contribution >= 0.6 is 27.3 Å². The highest BCUT2D eigenvalue weighted by Crippen LogP contribution is 2.24. The highest BCUT2D eigenvalue weighted by atomic mass is 79.9. The average Bonchev–Trinajstić information content (AvgIpc) is 2.76. The molecule has 0 aliphatic carbocycles. The van der Waals surface area contributed by atoms with Crippen LogP contribution in [0.4, 0.5) is 0 Å². The summed E-state index contributed by atoms with van der Waals surface area (Å²) in [5, 5.41) is 3.75. The number of carbonyl (C=O) groups is 1. The molecule has 0 atom stereocenters. The van der Waals surface area contributed by atoms with Crippen LogP contribution in [0.15, 0.2) is 39.5 Å². The van der Waals surface area contributed by atoms with Gasteiger partial charge in [0, 0.05) is 26.4 Å². The number of thiophene rings is 1. The molecular formula is C13H11BrO2S. The number of halogens is 1. The smallest absolute Gasteiger partial charge is 0.195 e. The van der Waals surface area contributed by atoms with Crippen molar-refractivity contribution in [2.45, 2.75) is 6.92 Å². The molecule has 0 spiro atoms. The van der Waals surface area contributed by atoms with Crippen molar-refractivity contribution in [3.63, 3.8) is 0 Å². The first kappa shape index (κ1) is 12.3. The summed E-state index contributed by atoms with van der Waals surface area (Å²) in [5.41, 5.74) is 1.38. The maximum Gasteiger partial charge on any atom is 0.195 e. The quantitative estimate of drug-likeness (QED) is 0.793. The number of hydrogen-bond donors (Lipinski definition) is 0. The minimum Gasteiger partial charge on any atom is -0.494 e. The third-order valence-electron chi connectivity index (χ3n) is 2.29. The molecule has 17 heavy (non-hydrogen) atoms. The molecular weight excluding hydrogens is 300 g/mol. The molecule has 1 aromatic heterocycles. The third-order valence-corrected chi connectivity index (χ3v) is 3.99. The fraction of sp³-hybridized carbons (Fsp3) is 0.154. The summed E-state index contributed by atoms with van der Waals surface area (Å²) < 4.78 is 6.19. The van der Waals surface area contributed by atoms with Crippen LogP contribution in [0.1, 0.15) is 22.8 Å². The van der Waals surface area contributed by atoms with Crippen LogP contribution in [-0.4, -0.2) is 12.4 Å². The molecule has 0 saturated heterocycles. The molecule has 4 heteroatoms. The molecule has 0 radical (unpaired) electrons. The zero-order chi connectivity index (χ0) is 12.3. The van der Waals surface area contributed by atoms with Gasteiger partial charge in [-0.25, -0.2) is 0 Å². The summed E-state index contributed by atoms with van der Waals surface area (Å²) in [6.45, 7) is 2.56. The topological polar surface area (TPSA) is 26.3 Å². The Balaban J connectivity index is 2.23. The van der Waals surface area contributed by atoms with Gasteiger partial charge in [-0.05, 0) is 47.1 Å². The molecule has 2 rings (SSSR count). The number of hydrogen-bond acceptors (Lipinski definition) is 3. The van der Waals surface area contributed by atoms with Crippen molar-refractivity contribution >= 4 is 33.0 Å². The largest absolute Gasteiger partial charge is 0.494 e. The van der Waals surface area contributed by atoms with Crippen molar-refractivity contribution < 1.29 is 9.53 Å². The Bertz CT molecular complexity index is 516. The Morgan fingerprint density at radius 2 is 2.00 bits per heavy atom. The maximum absolute atomic E-state index is 12.1. The number of rotatable bonds is 4. The lowest BCUT2D eigenvalue weighted by Gasteiger charge is -2.04. The summed E-state index contributed by atoms with van der Waals surface area (Å²) in [6.07, 6.45) is 0. The second-order valence-electron chi connectivity index (χ2n) is 3.42. The summed E-state index contributed by atoms with van der Waals surface area (Å²) in [6, 6.07) is 7.21. The summed E-state index contributed by atoms with van der Waals surface area (Å²) in [5.74, 6) is 0.814. The lowest BCUT2D eigenvalue weighted by atomic mass is 10.1. The lowest BCUT2D eigenvalue weighted by molar-refractivity contribution is 0.103. The van der Waals surface area contributed by atoms with Gasteiger partial charge in [-0.3, -0.25) is 4.79 Å². The molecule has 0 bridgehead atoms. The predicted molar refractivity (Wildman–Crippen MR) is 73.1 cm³/mol. The minimum absolute atomic E-state index is 0.0289. The maximum atomic E-state index is 12.1. The Hall–Kier alpha value is -1.13. The zero-order valence-corrected chi connectivity index (χ0v) is 11.7. The van der Waals surface area contributed by atoms with E-state index < -0.39 is 0 Å². The first-order chi connectivity index (χ1) is 8.22. The standard InChI is InChI=1S/C13H11BrO2S/c1-2-16-10-5-3-9(4-6-10)13(15)11-7-17-8-12(11)14/h3-8H,2H2,1H3. The van der Waals surface area contributed by atoms with Crippen molar-refractivity contribution in [1.29, 1.82) is 0 Å². The van der Waals surface area contributed by atoms with Gasteiger partial charge in [-0.1, -0.05) is 0 Å². The van der Waals surface area contributed by atoms with Crippen LogP contribution in [0.25, 0.3) is 0 Å². The van der Waals surface area contributed by atoms with E-state index in [-0.39, 0.29) is 5.78 Å². The van der Waals surface area contributed by atoms with Crippen LogP contribution in [0.2, 0.25) is 0 Å². The normalized spacial score (nSPS) is 10.2. The molecule has 0 aliphatic heterocycles. The Kier molecular flexibility index (Phi) is 3.97. The second-order valence-corrected chi connectivity index (χ2v) is 5.02. The van der Waals surface area contributed by atoms with Crippen molar-refractivity contribution in [3.05, 3.63) is 50.6 Å². The fourth-order valence-electron chi connectivity index (χ4n) is 1.47. The number of benzene rings is 1.